The van der Waals surface area contributed by atoms with E-state index in [4.69, 9.17) is 9.72 Å². The molecule has 1 aromatic rings. The number of hydrogen-bond donors (Lipinski definition) is 0. The third kappa shape index (κ3) is 2.99. The Balaban J connectivity index is 1.30. The third-order valence-corrected chi connectivity index (χ3v) is 6.10. The van der Waals surface area contributed by atoms with Gasteiger partial charge in [0.25, 0.3) is 0 Å². The highest BCUT2D eigenvalue weighted by Crippen LogP contribution is 2.36. The van der Waals surface area contributed by atoms with Gasteiger partial charge < -0.3 is 9.64 Å². The first kappa shape index (κ1) is 13.7. The van der Waals surface area contributed by atoms with Crippen LogP contribution in [0.3, 0.4) is 0 Å². The van der Waals surface area contributed by atoms with Crippen LogP contribution in [0.4, 0.5) is 0 Å². The van der Waals surface area contributed by atoms with Crippen molar-refractivity contribution >= 4 is 17.2 Å². The van der Waals surface area contributed by atoms with E-state index < -0.39 is 0 Å². The van der Waals surface area contributed by atoms with Gasteiger partial charge in [0.1, 0.15) is 6.61 Å². The molecule has 5 heteroatoms. The lowest BCUT2D eigenvalue weighted by atomic mass is 9.97. The number of hydrogen-bond acceptors (Lipinski definition) is 4. The van der Waals surface area contributed by atoms with Crippen molar-refractivity contribution in [2.75, 3.05) is 19.7 Å². The van der Waals surface area contributed by atoms with Gasteiger partial charge in [0.2, 0.25) is 5.91 Å². The minimum atomic E-state index is 0.169. The summed E-state index contributed by atoms with van der Waals surface area (Å²) in [5.41, 5.74) is 1.35. The monoisotopic (exact) mass is 306 g/mol. The molecule has 0 aromatic carbocycles. The van der Waals surface area contributed by atoms with Crippen LogP contribution in [0.5, 0.6) is 0 Å². The Hall–Kier alpha value is -0.940. The highest BCUT2D eigenvalue weighted by Gasteiger charge is 2.29. The molecule has 0 bridgehead atoms. The summed E-state index contributed by atoms with van der Waals surface area (Å²) in [6, 6.07) is 0. The first-order valence-corrected chi connectivity index (χ1v) is 8.99. The van der Waals surface area contributed by atoms with E-state index in [1.54, 1.807) is 0 Å². The van der Waals surface area contributed by atoms with Crippen molar-refractivity contribution in [3.05, 3.63) is 15.6 Å². The maximum Gasteiger partial charge on any atom is 0.248 e. The second-order valence-electron chi connectivity index (χ2n) is 6.44. The zero-order chi connectivity index (χ0) is 14.2. The van der Waals surface area contributed by atoms with Gasteiger partial charge in [0.05, 0.1) is 16.8 Å². The Morgan fingerprint density at radius 3 is 2.76 bits per heavy atom. The van der Waals surface area contributed by atoms with E-state index >= 15 is 0 Å². The molecule has 114 valence electrons. The number of nitrogens with zero attached hydrogens (tertiary/aromatic N) is 2. The molecule has 0 atom stereocenters. The lowest BCUT2D eigenvalue weighted by Gasteiger charge is -2.31. The summed E-state index contributed by atoms with van der Waals surface area (Å²) < 4.78 is 5.52. The number of ether oxygens (including phenoxy) is 1. The molecule has 2 aliphatic carbocycles. The number of aromatic nitrogens is 1. The van der Waals surface area contributed by atoms with Gasteiger partial charge in [-0.2, -0.15) is 0 Å². The minimum Gasteiger partial charge on any atom is -0.368 e. The van der Waals surface area contributed by atoms with E-state index in [1.165, 1.54) is 34.8 Å². The normalized spacial score (nSPS) is 22.6. The summed E-state index contributed by atoms with van der Waals surface area (Å²) in [5.74, 6) is 0.732. The van der Waals surface area contributed by atoms with Gasteiger partial charge in [-0.05, 0) is 44.9 Å². The summed E-state index contributed by atoms with van der Waals surface area (Å²) in [5, 5.41) is 1.32. The molecule has 1 saturated carbocycles. The van der Waals surface area contributed by atoms with Crippen molar-refractivity contribution in [1.29, 1.82) is 0 Å². The number of fused-ring (bicyclic) bond motifs is 1. The van der Waals surface area contributed by atoms with E-state index in [1.807, 2.05) is 16.2 Å². The van der Waals surface area contributed by atoms with E-state index in [9.17, 15) is 4.79 Å². The molecular weight excluding hydrogens is 284 g/mol. The summed E-state index contributed by atoms with van der Waals surface area (Å²) in [7, 11) is 0. The molecule has 1 amide bonds. The highest BCUT2D eigenvalue weighted by molar-refractivity contribution is 7.11. The summed E-state index contributed by atoms with van der Waals surface area (Å²) >= 11 is 1.92. The van der Waals surface area contributed by atoms with Gasteiger partial charge in [0, 0.05) is 23.9 Å². The molecule has 1 aromatic heterocycles. The second kappa shape index (κ2) is 5.69. The lowest BCUT2D eigenvalue weighted by Crippen LogP contribution is -2.40. The summed E-state index contributed by atoms with van der Waals surface area (Å²) in [4.78, 5) is 20.4. The van der Waals surface area contributed by atoms with Crippen molar-refractivity contribution in [1.82, 2.24) is 9.88 Å². The molecular formula is C16H22N2O2S. The number of likely N-dealkylation sites (tertiary alicyclic amines) is 1. The zero-order valence-corrected chi connectivity index (χ0v) is 13.2. The van der Waals surface area contributed by atoms with E-state index in [2.05, 4.69) is 0 Å². The van der Waals surface area contributed by atoms with Crippen molar-refractivity contribution in [2.45, 2.75) is 57.0 Å². The van der Waals surface area contributed by atoms with E-state index in [0.717, 1.165) is 38.8 Å². The largest absolute Gasteiger partial charge is 0.368 e. The van der Waals surface area contributed by atoms with Crippen LogP contribution in [-0.2, 0) is 22.4 Å². The number of piperidine rings is 1. The molecule has 0 N–H and O–H groups in total. The number of rotatable bonds is 4. The van der Waals surface area contributed by atoms with Crippen LogP contribution < -0.4 is 0 Å². The predicted octanol–water partition coefficient (Wildman–Crippen LogP) is 2.52. The molecule has 2 fully saturated rings. The van der Waals surface area contributed by atoms with Gasteiger partial charge in [-0.1, -0.05) is 0 Å². The number of amides is 1. The average molecular weight is 306 g/mol. The maximum atomic E-state index is 12.1. The minimum absolute atomic E-state index is 0.169. The number of carbonyl (C=O) groups excluding carboxylic acids is 1. The Morgan fingerprint density at radius 2 is 2.05 bits per heavy atom. The topological polar surface area (TPSA) is 42.4 Å². The van der Waals surface area contributed by atoms with Crippen LogP contribution in [0, 0.1) is 0 Å². The fourth-order valence-corrected chi connectivity index (χ4v) is 4.60. The van der Waals surface area contributed by atoms with E-state index in [0.29, 0.717) is 12.0 Å². The standard InChI is InChI=1S/C16H22N2O2S/c19-15(10-20-12-4-5-12)18-8-6-11(7-9-18)16-17-13-2-1-3-14(13)21-16/h11-12H,1-10H2. The van der Waals surface area contributed by atoms with Crippen LogP contribution in [-0.4, -0.2) is 41.6 Å². The van der Waals surface area contributed by atoms with Crippen LogP contribution in [0.1, 0.15) is 53.6 Å². The van der Waals surface area contributed by atoms with Gasteiger partial charge in [-0.15, -0.1) is 11.3 Å². The molecule has 4 rings (SSSR count). The second-order valence-corrected chi connectivity index (χ2v) is 7.56. The van der Waals surface area contributed by atoms with Gasteiger partial charge >= 0.3 is 0 Å². The van der Waals surface area contributed by atoms with Crippen LogP contribution in [0.15, 0.2) is 0 Å². The Labute approximate surface area is 129 Å². The Kier molecular flexibility index (Phi) is 3.71. The Morgan fingerprint density at radius 1 is 1.24 bits per heavy atom. The van der Waals surface area contributed by atoms with Gasteiger partial charge in [0.15, 0.2) is 0 Å². The molecule has 2 heterocycles. The molecule has 21 heavy (non-hydrogen) atoms. The summed E-state index contributed by atoms with van der Waals surface area (Å²) in [6.07, 6.45) is 8.41. The number of thiazole rings is 1. The molecule has 3 aliphatic rings. The lowest BCUT2D eigenvalue weighted by molar-refractivity contribution is -0.137. The van der Waals surface area contributed by atoms with Crippen LogP contribution >= 0.6 is 11.3 Å². The van der Waals surface area contributed by atoms with Crippen molar-refractivity contribution in [3.63, 3.8) is 0 Å². The van der Waals surface area contributed by atoms with Crippen molar-refractivity contribution in [2.24, 2.45) is 0 Å². The van der Waals surface area contributed by atoms with Crippen LogP contribution in [0.2, 0.25) is 0 Å². The van der Waals surface area contributed by atoms with Gasteiger partial charge in [-0.3, -0.25) is 4.79 Å². The molecule has 1 saturated heterocycles. The quantitative estimate of drug-likeness (QED) is 0.858. The van der Waals surface area contributed by atoms with Crippen molar-refractivity contribution in [3.8, 4) is 0 Å². The van der Waals surface area contributed by atoms with E-state index in [-0.39, 0.29) is 12.5 Å². The smallest absolute Gasteiger partial charge is 0.248 e. The molecule has 1 aliphatic heterocycles. The van der Waals surface area contributed by atoms with Crippen LogP contribution in [0.25, 0.3) is 0 Å². The molecule has 0 spiro atoms. The fourth-order valence-electron chi connectivity index (χ4n) is 3.28. The maximum absolute atomic E-state index is 12.1. The SMILES string of the molecule is O=C(COC1CC1)N1CCC(c2nc3c(s2)CCC3)CC1. The molecule has 4 nitrogen and oxygen atoms in total. The number of carbonyl (C=O) groups is 1. The average Bonchev–Trinajstić information content (AvgIpc) is 3.09. The highest BCUT2D eigenvalue weighted by atomic mass is 32.1. The third-order valence-electron chi connectivity index (χ3n) is 4.78. The van der Waals surface area contributed by atoms with Crippen molar-refractivity contribution < 1.29 is 9.53 Å². The first-order valence-electron chi connectivity index (χ1n) is 8.17. The Bertz CT molecular complexity index is 509. The first-order chi connectivity index (χ1) is 10.3. The molecule has 0 radical (unpaired) electrons. The summed E-state index contributed by atoms with van der Waals surface area (Å²) in [6.45, 7) is 2.00. The fraction of sp³-hybridized carbons (Fsp3) is 0.750. The number of aryl methyl sites for hydroxylation is 2. The predicted molar refractivity (Wildman–Crippen MR) is 81.7 cm³/mol. The molecule has 0 unspecified atom stereocenters. The van der Waals surface area contributed by atoms with Gasteiger partial charge in [-0.25, -0.2) is 4.98 Å². The zero-order valence-electron chi connectivity index (χ0n) is 12.3.